The van der Waals surface area contributed by atoms with Crippen LogP contribution in [0.3, 0.4) is 0 Å². The predicted octanol–water partition coefficient (Wildman–Crippen LogP) is 5.39. The number of carbonyl (C=O) groups excluding carboxylic acids is 3. The first-order valence-electron chi connectivity index (χ1n) is 13.6. The molecule has 1 aliphatic carbocycles. The van der Waals surface area contributed by atoms with Crippen molar-refractivity contribution in [1.29, 1.82) is 0 Å². The summed E-state index contributed by atoms with van der Waals surface area (Å²) >= 11 is 3.30. The standard InChI is InChI=1S/C30H28BrF3N6O3/c1-16-26(38-29(43)23-14-25(30(32,33)34)37-24-10-9-21(31)13-22(23)24)17(2)40(39-16)15-18-3-5-19(6-4-18)27(41)35-11-12-36-28(42)20-7-8-20/h3-6,9-10,13-14,20H,7-8,11-12,15H2,1-2H3,(H,35,41)(H,36,42)(H,38,43). The van der Waals surface area contributed by atoms with Crippen LogP contribution in [0.4, 0.5) is 18.9 Å². The molecule has 3 N–H and O–H groups in total. The van der Waals surface area contributed by atoms with Crippen LogP contribution >= 0.6 is 15.9 Å². The Hall–Kier alpha value is -4.26. The highest BCUT2D eigenvalue weighted by Gasteiger charge is 2.34. The molecule has 0 saturated heterocycles. The average molecular weight is 657 g/mol. The lowest BCUT2D eigenvalue weighted by molar-refractivity contribution is -0.141. The third-order valence-electron chi connectivity index (χ3n) is 7.13. The van der Waals surface area contributed by atoms with Gasteiger partial charge in [0.25, 0.3) is 11.8 Å². The Bertz CT molecular complexity index is 1720. The number of benzene rings is 2. The quantitative estimate of drug-likeness (QED) is 0.209. The molecule has 1 fully saturated rings. The molecule has 4 aromatic rings. The molecule has 0 spiro atoms. The molecule has 1 saturated carbocycles. The maximum Gasteiger partial charge on any atom is 0.433 e. The molecule has 2 aromatic carbocycles. The normalized spacial score (nSPS) is 13.2. The van der Waals surface area contributed by atoms with E-state index in [-0.39, 0.29) is 34.2 Å². The minimum atomic E-state index is -4.73. The van der Waals surface area contributed by atoms with Crippen molar-refractivity contribution in [1.82, 2.24) is 25.4 Å². The predicted molar refractivity (Wildman–Crippen MR) is 158 cm³/mol. The van der Waals surface area contributed by atoms with Crippen molar-refractivity contribution in [3.05, 3.63) is 86.8 Å². The van der Waals surface area contributed by atoms with E-state index in [2.05, 4.69) is 42.0 Å². The molecule has 0 atom stereocenters. The average Bonchev–Trinajstić information content (AvgIpc) is 3.78. The van der Waals surface area contributed by atoms with E-state index in [1.54, 1.807) is 54.9 Å². The highest BCUT2D eigenvalue weighted by molar-refractivity contribution is 9.10. The van der Waals surface area contributed by atoms with Crippen molar-refractivity contribution < 1.29 is 27.6 Å². The molecule has 0 bridgehead atoms. The topological polar surface area (TPSA) is 118 Å². The number of hydrogen-bond acceptors (Lipinski definition) is 5. The molecule has 43 heavy (non-hydrogen) atoms. The summed E-state index contributed by atoms with van der Waals surface area (Å²) in [6.07, 6.45) is -2.88. The van der Waals surface area contributed by atoms with Crippen LogP contribution in [0, 0.1) is 19.8 Å². The molecule has 0 radical (unpaired) electrons. The molecular weight excluding hydrogens is 629 g/mol. The van der Waals surface area contributed by atoms with Crippen LogP contribution in [-0.2, 0) is 17.5 Å². The van der Waals surface area contributed by atoms with Crippen LogP contribution in [0.15, 0.2) is 53.0 Å². The maximum absolute atomic E-state index is 13.5. The zero-order valence-corrected chi connectivity index (χ0v) is 24.9. The van der Waals surface area contributed by atoms with Crippen LogP contribution in [-0.4, -0.2) is 45.6 Å². The maximum atomic E-state index is 13.5. The Morgan fingerprint density at radius 2 is 1.67 bits per heavy atom. The summed E-state index contributed by atoms with van der Waals surface area (Å²) in [7, 11) is 0. The van der Waals surface area contributed by atoms with Crippen molar-refractivity contribution in [3.63, 3.8) is 0 Å². The van der Waals surface area contributed by atoms with Gasteiger partial charge in [0, 0.05) is 34.4 Å². The van der Waals surface area contributed by atoms with E-state index < -0.39 is 17.8 Å². The number of halogens is 4. The first-order chi connectivity index (χ1) is 20.4. The van der Waals surface area contributed by atoms with Gasteiger partial charge in [-0.25, -0.2) is 4.98 Å². The summed E-state index contributed by atoms with van der Waals surface area (Å²) in [6.45, 7) is 4.47. The van der Waals surface area contributed by atoms with E-state index in [1.807, 2.05) is 0 Å². The van der Waals surface area contributed by atoms with Crippen LogP contribution in [0.25, 0.3) is 10.9 Å². The third kappa shape index (κ3) is 7.04. The lowest BCUT2D eigenvalue weighted by Gasteiger charge is -2.13. The van der Waals surface area contributed by atoms with Gasteiger partial charge in [-0.05, 0) is 68.7 Å². The number of hydrogen-bond donors (Lipinski definition) is 3. The van der Waals surface area contributed by atoms with Crippen LogP contribution in [0.1, 0.15) is 56.2 Å². The monoisotopic (exact) mass is 656 g/mol. The lowest BCUT2D eigenvalue weighted by Crippen LogP contribution is -2.35. The van der Waals surface area contributed by atoms with Gasteiger partial charge in [-0.1, -0.05) is 28.1 Å². The van der Waals surface area contributed by atoms with Gasteiger partial charge in [-0.15, -0.1) is 0 Å². The third-order valence-corrected chi connectivity index (χ3v) is 7.63. The number of anilines is 1. The number of aromatic nitrogens is 3. The fourth-order valence-corrected chi connectivity index (χ4v) is 4.99. The number of nitrogens with one attached hydrogen (secondary N) is 3. The summed E-state index contributed by atoms with van der Waals surface area (Å²) in [4.78, 5) is 41.2. The molecule has 13 heteroatoms. The molecule has 1 aliphatic rings. The SMILES string of the molecule is Cc1nn(Cc2ccc(C(=O)NCCNC(=O)C3CC3)cc2)c(C)c1NC(=O)c1cc(C(F)(F)F)nc2ccc(Br)cc12. The van der Waals surface area contributed by atoms with Crippen molar-refractivity contribution in [3.8, 4) is 0 Å². The lowest BCUT2D eigenvalue weighted by atomic mass is 10.1. The van der Waals surface area contributed by atoms with Crippen LogP contribution in [0.5, 0.6) is 0 Å². The Kier molecular flexibility index (Phi) is 8.54. The van der Waals surface area contributed by atoms with Crippen molar-refractivity contribution in [2.75, 3.05) is 18.4 Å². The number of pyridine rings is 1. The zero-order chi connectivity index (χ0) is 30.9. The second-order valence-electron chi connectivity index (χ2n) is 10.4. The minimum Gasteiger partial charge on any atom is -0.354 e. The summed E-state index contributed by atoms with van der Waals surface area (Å²) in [5.74, 6) is -0.828. The van der Waals surface area contributed by atoms with Crippen molar-refractivity contribution in [2.45, 2.75) is 39.4 Å². The first kappa shape index (κ1) is 30.2. The molecule has 0 aliphatic heterocycles. The van der Waals surface area contributed by atoms with Crippen LogP contribution in [0.2, 0.25) is 0 Å². The largest absolute Gasteiger partial charge is 0.433 e. The fourth-order valence-electron chi connectivity index (χ4n) is 4.63. The van der Waals surface area contributed by atoms with Gasteiger partial charge >= 0.3 is 6.18 Å². The molecule has 0 unspecified atom stereocenters. The first-order valence-corrected chi connectivity index (χ1v) is 14.4. The number of carbonyl (C=O) groups is 3. The van der Waals surface area contributed by atoms with Crippen molar-refractivity contribution >= 4 is 50.2 Å². The Balaban J connectivity index is 1.27. The Morgan fingerprint density at radius 3 is 2.35 bits per heavy atom. The molecular formula is C30H28BrF3N6O3. The summed E-state index contributed by atoms with van der Waals surface area (Å²) in [6, 6.07) is 12.2. The second kappa shape index (κ2) is 12.2. The molecule has 2 aromatic heterocycles. The van der Waals surface area contributed by atoms with Gasteiger partial charge in [0.15, 0.2) is 0 Å². The van der Waals surface area contributed by atoms with E-state index in [1.165, 1.54) is 6.07 Å². The number of nitrogens with zero attached hydrogens (tertiary/aromatic N) is 3. The van der Waals surface area contributed by atoms with Crippen molar-refractivity contribution in [2.24, 2.45) is 5.92 Å². The Labute approximate surface area is 253 Å². The number of alkyl halides is 3. The van der Waals surface area contributed by atoms with Gasteiger partial charge in [-0.3, -0.25) is 19.1 Å². The van der Waals surface area contributed by atoms with Crippen LogP contribution < -0.4 is 16.0 Å². The van der Waals surface area contributed by atoms with E-state index >= 15 is 0 Å². The van der Waals surface area contributed by atoms with E-state index in [4.69, 9.17) is 0 Å². The molecule has 9 nitrogen and oxygen atoms in total. The minimum absolute atomic E-state index is 0.0279. The van der Waals surface area contributed by atoms with Gasteiger partial charge in [0.2, 0.25) is 5.91 Å². The van der Waals surface area contributed by atoms with Gasteiger partial charge in [0.05, 0.1) is 34.7 Å². The number of aryl methyl sites for hydroxylation is 1. The summed E-state index contributed by atoms with van der Waals surface area (Å²) in [5, 5.41) is 13.1. The smallest absolute Gasteiger partial charge is 0.354 e. The number of fused-ring (bicyclic) bond motifs is 1. The summed E-state index contributed by atoms with van der Waals surface area (Å²) < 4.78 is 42.9. The number of rotatable bonds is 9. The van der Waals surface area contributed by atoms with E-state index in [0.717, 1.165) is 24.5 Å². The highest BCUT2D eigenvalue weighted by atomic mass is 79.9. The molecule has 5 rings (SSSR count). The molecule has 2 heterocycles. The second-order valence-corrected chi connectivity index (χ2v) is 11.3. The van der Waals surface area contributed by atoms with Gasteiger partial charge < -0.3 is 16.0 Å². The zero-order valence-electron chi connectivity index (χ0n) is 23.3. The highest BCUT2D eigenvalue weighted by Crippen LogP contribution is 2.33. The Morgan fingerprint density at radius 1 is 0.977 bits per heavy atom. The summed E-state index contributed by atoms with van der Waals surface area (Å²) in [5.41, 5.74) is 1.53. The van der Waals surface area contributed by atoms with E-state index in [9.17, 15) is 27.6 Å². The van der Waals surface area contributed by atoms with E-state index in [0.29, 0.717) is 46.7 Å². The molecule has 224 valence electrons. The van der Waals surface area contributed by atoms with Gasteiger partial charge in [0.1, 0.15) is 5.69 Å². The molecule has 3 amide bonds. The number of amides is 3. The van der Waals surface area contributed by atoms with Gasteiger partial charge in [-0.2, -0.15) is 18.3 Å². The fraction of sp³-hybridized carbons (Fsp3) is 0.300.